The summed E-state index contributed by atoms with van der Waals surface area (Å²) in [7, 11) is 1.59. The molecule has 8 heteroatoms. The van der Waals surface area contributed by atoms with Crippen molar-refractivity contribution in [3.63, 3.8) is 0 Å². The monoisotopic (exact) mass is 475 g/mol. The quantitative estimate of drug-likeness (QED) is 0.400. The fraction of sp³-hybridized carbons (Fsp3) is 0.286. The molecule has 1 N–H and O–H groups in total. The van der Waals surface area contributed by atoms with Crippen LogP contribution >= 0.6 is 27.7 Å². The van der Waals surface area contributed by atoms with Gasteiger partial charge in [-0.25, -0.2) is 4.98 Å². The number of halogens is 1. The fourth-order valence-corrected chi connectivity index (χ4v) is 3.98. The lowest BCUT2D eigenvalue weighted by atomic mass is 10.2. The van der Waals surface area contributed by atoms with E-state index in [2.05, 4.69) is 26.2 Å². The number of carbonyl (C=O) groups excluding carboxylic acids is 1. The molecule has 152 valence electrons. The highest BCUT2D eigenvalue weighted by Gasteiger charge is 2.15. The van der Waals surface area contributed by atoms with Crippen LogP contribution in [0, 0.1) is 5.92 Å². The van der Waals surface area contributed by atoms with Gasteiger partial charge in [-0.05, 0) is 48.4 Å². The van der Waals surface area contributed by atoms with Gasteiger partial charge in [-0.15, -0.1) is 0 Å². The molecule has 29 heavy (non-hydrogen) atoms. The summed E-state index contributed by atoms with van der Waals surface area (Å²) in [6, 6.07) is 12.6. The van der Waals surface area contributed by atoms with Gasteiger partial charge in [0, 0.05) is 16.7 Å². The van der Waals surface area contributed by atoms with Crippen molar-refractivity contribution in [3.8, 4) is 5.75 Å². The summed E-state index contributed by atoms with van der Waals surface area (Å²) >= 11 is 4.67. The number of nitrogens with zero attached hydrogens (tertiary/aromatic N) is 2. The predicted molar refractivity (Wildman–Crippen MR) is 121 cm³/mol. The Morgan fingerprint density at radius 3 is 2.62 bits per heavy atom. The first-order valence-electron chi connectivity index (χ1n) is 9.14. The largest absolute Gasteiger partial charge is 0.497 e. The van der Waals surface area contributed by atoms with Gasteiger partial charge in [0.1, 0.15) is 5.75 Å². The first-order valence-corrected chi connectivity index (χ1v) is 10.9. The summed E-state index contributed by atoms with van der Waals surface area (Å²) in [5, 5.41) is 3.95. The van der Waals surface area contributed by atoms with E-state index >= 15 is 0 Å². The first kappa shape index (κ1) is 21.4. The van der Waals surface area contributed by atoms with Crippen molar-refractivity contribution < 1.29 is 9.53 Å². The highest BCUT2D eigenvalue weighted by Crippen LogP contribution is 2.22. The Morgan fingerprint density at radius 1 is 1.24 bits per heavy atom. The molecular weight excluding hydrogens is 454 g/mol. The Bertz CT molecular complexity index is 1080. The zero-order chi connectivity index (χ0) is 21.0. The average molecular weight is 476 g/mol. The van der Waals surface area contributed by atoms with Crippen LogP contribution in [0.1, 0.15) is 13.8 Å². The van der Waals surface area contributed by atoms with Crippen LogP contribution in [-0.4, -0.2) is 28.3 Å². The van der Waals surface area contributed by atoms with E-state index in [0.29, 0.717) is 28.3 Å². The third-order valence-corrected chi connectivity index (χ3v) is 5.60. The molecular formula is C21H22BrN3O3S. The minimum Gasteiger partial charge on any atom is -0.497 e. The second-order valence-electron chi connectivity index (χ2n) is 6.93. The van der Waals surface area contributed by atoms with Crippen LogP contribution in [-0.2, 0) is 11.3 Å². The summed E-state index contributed by atoms with van der Waals surface area (Å²) in [4.78, 5) is 30.0. The Labute approximate surface area is 181 Å². The van der Waals surface area contributed by atoms with Gasteiger partial charge in [-0.2, -0.15) is 0 Å². The summed E-state index contributed by atoms with van der Waals surface area (Å²) < 4.78 is 7.61. The Kier molecular flexibility index (Phi) is 6.97. The number of fused-ring (bicyclic) bond motifs is 1. The molecule has 0 aliphatic carbocycles. The number of anilines is 1. The molecule has 1 aromatic heterocycles. The number of ether oxygens (including phenoxy) is 1. The number of hydrogen-bond donors (Lipinski definition) is 1. The molecule has 0 radical (unpaired) electrons. The molecule has 0 spiro atoms. The first-order chi connectivity index (χ1) is 13.9. The number of hydrogen-bond acceptors (Lipinski definition) is 5. The van der Waals surface area contributed by atoms with E-state index in [-0.39, 0.29) is 23.1 Å². The maximum Gasteiger partial charge on any atom is 0.262 e. The number of methoxy groups -OCH3 is 1. The van der Waals surface area contributed by atoms with Gasteiger partial charge >= 0.3 is 0 Å². The minimum atomic E-state index is -0.165. The van der Waals surface area contributed by atoms with E-state index in [0.717, 1.165) is 10.2 Å². The molecule has 3 aromatic rings. The standard InChI is InChI=1S/C21H22BrN3O3S/c1-13(2)11-25-20(27)17-10-14(22)4-9-18(17)24-21(25)29-12-19(26)23-15-5-7-16(28-3)8-6-15/h4-10,13H,11-12H2,1-3H3,(H,23,26). The average Bonchev–Trinajstić information content (AvgIpc) is 2.69. The lowest BCUT2D eigenvalue weighted by Gasteiger charge is -2.15. The minimum absolute atomic E-state index is 0.0944. The van der Waals surface area contributed by atoms with Crippen LogP contribution in [0.3, 0.4) is 0 Å². The molecule has 2 aromatic carbocycles. The van der Waals surface area contributed by atoms with Crippen molar-refractivity contribution in [1.29, 1.82) is 0 Å². The van der Waals surface area contributed by atoms with Crippen molar-refractivity contribution in [2.24, 2.45) is 5.92 Å². The molecule has 3 rings (SSSR count). The number of benzene rings is 2. The van der Waals surface area contributed by atoms with Crippen LogP contribution in [0.15, 0.2) is 56.9 Å². The molecule has 0 aliphatic heterocycles. The van der Waals surface area contributed by atoms with E-state index < -0.39 is 0 Å². The summed E-state index contributed by atoms with van der Waals surface area (Å²) in [5.41, 5.74) is 1.21. The topological polar surface area (TPSA) is 73.2 Å². The molecule has 0 saturated heterocycles. The van der Waals surface area contributed by atoms with E-state index in [4.69, 9.17) is 4.74 Å². The second-order valence-corrected chi connectivity index (χ2v) is 8.79. The lowest BCUT2D eigenvalue weighted by Crippen LogP contribution is -2.26. The summed E-state index contributed by atoms with van der Waals surface area (Å²) in [6.45, 7) is 4.63. The van der Waals surface area contributed by atoms with Gasteiger partial charge in [0.05, 0.1) is 23.8 Å². The SMILES string of the molecule is COc1ccc(NC(=O)CSc2nc3ccc(Br)cc3c(=O)n2CC(C)C)cc1. The van der Waals surface area contributed by atoms with Gasteiger partial charge < -0.3 is 10.1 Å². The van der Waals surface area contributed by atoms with Gasteiger partial charge in [-0.3, -0.25) is 14.2 Å². The maximum absolute atomic E-state index is 13.0. The van der Waals surface area contributed by atoms with Gasteiger partial charge in [0.2, 0.25) is 5.91 Å². The van der Waals surface area contributed by atoms with Gasteiger partial charge in [-0.1, -0.05) is 41.5 Å². The van der Waals surface area contributed by atoms with Crippen LogP contribution in [0.5, 0.6) is 5.75 Å². The number of nitrogens with one attached hydrogen (secondary N) is 1. The third kappa shape index (κ3) is 5.39. The van der Waals surface area contributed by atoms with Gasteiger partial charge in [0.15, 0.2) is 5.16 Å². The van der Waals surface area contributed by atoms with Crippen molar-refractivity contribution in [2.45, 2.75) is 25.5 Å². The number of thioether (sulfide) groups is 1. The third-order valence-electron chi connectivity index (χ3n) is 4.14. The highest BCUT2D eigenvalue weighted by molar-refractivity contribution is 9.10. The van der Waals surface area contributed by atoms with E-state index in [1.807, 2.05) is 26.0 Å². The van der Waals surface area contributed by atoms with Crippen LogP contribution < -0.4 is 15.6 Å². The van der Waals surface area contributed by atoms with Crippen LogP contribution in [0.2, 0.25) is 0 Å². The molecule has 0 fully saturated rings. The zero-order valence-electron chi connectivity index (χ0n) is 16.4. The number of amides is 1. The van der Waals surface area contributed by atoms with E-state index in [1.165, 1.54) is 11.8 Å². The van der Waals surface area contributed by atoms with E-state index in [9.17, 15) is 9.59 Å². The zero-order valence-corrected chi connectivity index (χ0v) is 18.8. The summed E-state index contributed by atoms with van der Waals surface area (Å²) in [6.07, 6.45) is 0. The normalized spacial score (nSPS) is 11.1. The Hall–Kier alpha value is -2.32. The molecule has 1 amide bonds. The molecule has 0 unspecified atom stereocenters. The number of rotatable bonds is 7. The number of aromatic nitrogens is 2. The Morgan fingerprint density at radius 2 is 1.97 bits per heavy atom. The molecule has 1 heterocycles. The second kappa shape index (κ2) is 9.45. The van der Waals surface area contributed by atoms with Crippen molar-refractivity contribution in [1.82, 2.24) is 9.55 Å². The van der Waals surface area contributed by atoms with Crippen LogP contribution in [0.4, 0.5) is 5.69 Å². The maximum atomic E-state index is 13.0. The summed E-state index contributed by atoms with van der Waals surface area (Å²) in [5.74, 6) is 0.980. The van der Waals surface area contributed by atoms with Gasteiger partial charge in [0.25, 0.3) is 5.56 Å². The molecule has 0 atom stereocenters. The highest BCUT2D eigenvalue weighted by atomic mass is 79.9. The Balaban J connectivity index is 1.81. The smallest absolute Gasteiger partial charge is 0.262 e. The van der Waals surface area contributed by atoms with Crippen LogP contribution in [0.25, 0.3) is 10.9 Å². The number of carbonyl (C=O) groups is 1. The molecule has 0 saturated carbocycles. The van der Waals surface area contributed by atoms with Crippen molar-refractivity contribution in [3.05, 3.63) is 57.3 Å². The van der Waals surface area contributed by atoms with Crippen molar-refractivity contribution in [2.75, 3.05) is 18.2 Å². The lowest BCUT2D eigenvalue weighted by molar-refractivity contribution is -0.113. The van der Waals surface area contributed by atoms with E-state index in [1.54, 1.807) is 42.0 Å². The predicted octanol–water partition coefficient (Wildman–Crippen LogP) is 4.55. The fourth-order valence-electron chi connectivity index (χ4n) is 2.81. The molecule has 6 nitrogen and oxygen atoms in total. The molecule has 0 bridgehead atoms. The molecule has 0 aliphatic rings. The van der Waals surface area contributed by atoms with Crippen molar-refractivity contribution >= 4 is 50.2 Å².